The van der Waals surface area contributed by atoms with E-state index >= 15 is 0 Å². The van der Waals surface area contributed by atoms with Gasteiger partial charge in [-0.2, -0.15) is 0 Å². The highest BCUT2D eigenvalue weighted by Gasteiger charge is 2.66. The van der Waals surface area contributed by atoms with Crippen molar-refractivity contribution < 1.29 is 24.5 Å². The third kappa shape index (κ3) is 1.84. The maximum absolute atomic E-state index is 11.3. The molecule has 0 amide bonds. The molecule has 86 valence electrons. The van der Waals surface area contributed by atoms with Gasteiger partial charge in [-0.25, -0.2) is 4.79 Å². The van der Waals surface area contributed by atoms with Crippen LogP contribution >= 0.6 is 0 Å². The fourth-order valence-corrected chi connectivity index (χ4v) is 2.00. The number of carboxylic acids is 1. The normalized spacial score (nSPS) is 30.7. The van der Waals surface area contributed by atoms with E-state index in [-0.39, 0.29) is 12.5 Å². The van der Waals surface area contributed by atoms with Gasteiger partial charge >= 0.3 is 11.9 Å². The van der Waals surface area contributed by atoms with Gasteiger partial charge in [0.2, 0.25) is 0 Å². The first-order chi connectivity index (χ1) is 7.00. The SMILES string of the molecule is CCOC(=O)C(O)C1(C(=O)O)CC1CC. The minimum absolute atomic E-state index is 0.130. The van der Waals surface area contributed by atoms with Crippen LogP contribution in [-0.2, 0) is 14.3 Å². The highest BCUT2D eigenvalue weighted by Crippen LogP contribution is 2.57. The summed E-state index contributed by atoms with van der Waals surface area (Å²) >= 11 is 0. The Hall–Kier alpha value is -1.10. The number of rotatable bonds is 5. The maximum atomic E-state index is 11.3. The standard InChI is InChI=1S/C10H16O5/c1-3-6-5-10(6,9(13)14)7(11)8(12)15-4-2/h6-7,11H,3-5H2,1-2H3,(H,13,14). The summed E-state index contributed by atoms with van der Waals surface area (Å²) in [6.07, 6.45) is -0.554. The van der Waals surface area contributed by atoms with Crippen LogP contribution in [0.1, 0.15) is 26.7 Å². The molecule has 0 radical (unpaired) electrons. The van der Waals surface area contributed by atoms with E-state index in [1.165, 1.54) is 0 Å². The topological polar surface area (TPSA) is 83.8 Å². The Morgan fingerprint density at radius 3 is 2.47 bits per heavy atom. The van der Waals surface area contributed by atoms with Crippen LogP contribution in [0.4, 0.5) is 0 Å². The lowest BCUT2D eigenvalue weighted by atomic mass is 9.95. The number of aliphatic hydroxyl groups is 1. The van der Waals surface area contributed by atoms with Crippen molar-refractivity contribution in [2.75, 3.05) is 6.61 Å². The first kappa shape index (κ1) is 12.0. The molecule has 0 bridgehead atoms. The molecule has 15 heavy (non-hydrogen) atoms. The van der Waals surface area contributed by atoms with E-state index < -0.39 is 23.5 Å². The van der Waals surface area contributed by atoms with Crippen molar-refractivity contribution in [1.82, 2.24) is 0 Å². The predicted octanol–water partition coefficient (Wildman–Crippen LogP) is 0.411. The van der Waals surface area contributed by atoms with Crippen LogP contribution in [-0.4, -0.2) is 34.9 Å². The Labute approximate surface area is 88.0 Å². The third-order valence-electron chi connectivity index (χ3n) is 3.04. The molecule has 3 unspecified atom stereocenters. The molecule has 5 nitrogen and oxygen atoms in total. The van der Waals surface area contributed by atoms with Crippen LogP contribution in [0.25, 0.3) is 0 Å². The van der Waals surface area contributed by atoms with Crippen LogP contribution in [0.15, 0.2) is 0 Å². The molecule has 1 fully saturated rings. The number of carbonyl (C=O) groups excluding carboxylic acids is 1. The third-order valence-corrected chi connectivity index (χ3v) is 3.04. The zero-order valence-corrected chi connectivity index (χ0v) is 8.90. The van der Waals surface area contributed by atoms with E-state index in [2.05, 4.69) is 4.74 Å². The number of ether oxygens (including phenoxy) is 1. The molecule has 0 aromatic rings. The highest BCUT2D eigenvalue weighted by molar-refractivity contribution is 5.88. The summed E-state index contributed by atoms with van der Waals surface area (Å²) in [4.78, 5) is 22.3. The Bertz CT molecular complexity index is 275. The zero-order chi connectivity index (χ0) is 11.6. The number of esters is 1. The van der Waals surface area contributed by atoms with Gasteiger partial charge in [-0.1, -0.05) is 13.3 Å². The van der Waals surface area contributed by atoms with E-state index in [9.17, 15) is 14.7 Å². The summed E-state index contributed by atoms with van der Waals surface area (Å²) in [7, 11) is 0. The monoisotopic (exact) mass is 216 g/mol. The van der Waals surface area contributed by atoms with E-state index in [0.29, 0.717) is 12.8 Å². The van der Waals surface area contributed by atoms with Crippen molar-refractivity contribution in [3.05, 3.63) is 0 Å². The highest BCUT2D eigenvalue weighted by atomic mass is 16.5. The zero-order valence-electron chi connectivity index (χ0n) is 8.90. The van der Waals surface area contributed by atoms with Crippen molar-refractivity contribution in [3.8, 4) is 0 Å². The van der Waals surface area contributed by atoms with Gasteiger partial charge in [-0.05, 0) is 19.3 Å². The second kappa shape index (κ2) is 4.18. The van der Waals surface area contributed by atoms with E-state index in [4.69, 9.17) is 5.11 Å². The van der Waals surface area contributed by atoms with E-state index in [0.717, 1.165) is 0 Å². The molecule has 0 aliphatic heterocycles. The molecule has 5 heteroatoms. The summed E-state index contributed by atoms with van der Waals surface area (Å²) in [5.74, 6) is -2.08. The van der Waals surface area contributed by atoms with Crippen LogP contribution in [0.3, 0.4) is 0 Å². The number of aliphatic hydroxyl groups excluding tert-OH is 1. The molecule has 3 atom stereocenters. The molecule has 0 heterocycles. The van der Waals surface area contributed by atoms with E-state index in [1.54, 1.807) is 6.92 Å². The van der Waals surface area contributed by atoms with Crippen molar-refractivity contribution in [1.29, 1.82) is 0 Å². The Morgan fingerprint density at radius 1 is 1.53 bits per heavy atom. The Kier molecular flexibility index (Phi) is 3.34. The molecule has 0 spiro atoms. The largest absolute Gasteiger partial charge is 0.481 e. The van der Waals surface area contributed by atoms with Crippen molar-refractivity contribution in [2.45, 2.75) is 32.8 Å². The molecule has 1 aliphatic carbocycles. The molecule has 0 saturated heterocycles. The average Bonchev–Trinajstić information content (AvgIpc) is 2.92. The summed E-state index contributed by atoms with van der Waals surface area (Å²) in [6, 6.07) is 0. The number of hydrogen-bond donors (Lipinski definition) is 2. The second-order valence-electron chi connectivity index (χ2n) is 3.81. The lowest BCUT2D eigenvalue weighted by molar-refractivity contribution is -0.166. The summed E-state index contributed by atoms with van der Waals surface area (Å²) in [5.41, 5.74) is -1.30. The molecule has 1 saturated carbocycles. The number of carboxylic acid groups (broad SMARTS) is 1. The van der Waals surface area contributed by atoms with Crippen molar-refractivity contribution in [3.63, 3.8) is 0 Å². The van der Waals surface area contributed by atoms with E-state index in [1.807, 2.05) is 6.92 Å². The van der Waals surface area contributed by atoms with Crippen LogP contribution in [0.2, 0.25) is 0 Å². The Morgan fingerprint density at radius 2 is 2.13 bits per heavy atom. The quantitative estimate of drug-likeness (QED) is 0.650. The number of aliphatic carboxylic acids is 1. The Balaban J connectivity index is 2.75. The van der Waals surface area contributed by atoms with Gasteiger partial charge in [-0.15, -0.1) is 0 Å². The van der Waals surface area contributed by atoms with Crippen molar-refractivity contribution >= 4 is 11.9 Å². The predicted molar refractivity (Wildman–Crippen MR) is 51.1 cm³/mol. The van der Waals surface area contributed by atoms with Gasteiger partial charge in [0.05, 0.1) is 6.61 Å². The number of hydrogen-bond acceptors (Lipinski definition) is 4. The molecular formula is C10H16O5. The lowest BCUT2D eigenvalue weighted by Gasteiger charge is -2.17. The van der Waals surface area contributed by atoms with Crippen LogP contribution in [0.5, 0.6) is 0 Å². The summed E-state index contributed by atoms with van der Waals surface area (Å²) in [5, 5.41) is 18.7. The fraction of sp³-hybridized carbons (Fsp3) is 0.800. The minimum atomic E-state index is -1.54. The molecule has 0 aromatic carbocycles. The van der Waals surface area contributed by atoms with Gasteiger partial charge in [0.25, 0.3) is 0 Å². The van der Waals surface area contributed by atoms with Gasteiger partial charge < -0.3 is 14.9 Å². The fourth-order valence-electron chi connectivity index (χ4n) is 2.00. The summed E-state index contributed by atoms with van der Waals surface area (Å²) in [6.45, 7) is 3.60. The smallest absolute Gasteiger partial charge is 0.336 e. The molecule has 2 N–H and O–H groups in total. The van der Waals surface area contributed by atoms with Gasteiger partial charge in [0.15, 0.2) is 6.10 Å². The molecule has 0 aromatic heterocycles. The first-order valence-electron chi connectivity index (χ1n) is 5.08. The van der Waals surface area contributed by atoms with Gasteiger partial charge in [0, 0.05) is 0 Å². The first-order valence-corrected chi connectivity index (χ1v) is 5.08. The van der Waals surface area contributed by atoms with Gasteiger partial charge in [-0.3, -0.25) is 4.79 Å². The summed E-state index contributed by atoms with van der Waals surface area (Å²) < 4.78 is 4.62. The van der Waals surface area contributed by atoms with Crippen LogP contribution < -0.4 is 0 Å². The molecular weight excluding hydrogens is 200 g/mol. The van der Waals surface area contributed by atoms with Gasteiger partial charge in [0.1, 0.15) is 5.41 Å². The minimum Gasteiger partial charge on any atom is -0.481 e. The van der Waals surface area contributed by atoms with Crippen LogP contribution in [0, 0.1) is 11.3 Å². The average molecular weight is 216 g/mol. The molecule has 1 rings (SSSR count). The molecule has 1 aliphatic rings. The second-order valence-corrected chi connectivity index (χ2v) is 3.81. The lowest BCUT2D eigenvalue weighted by Crippen LogP contribution is -2.39. The maximum Gasteiger partial charge on any atom is 0.336 e. The number of carbonyl (C=O) groups is 2. The van der Waals surface area contributed by atoms with Crippen molar-refractivity contribution in [2.24, 2.45) is 11.3 Å².